The van der Waals surface area contributed by atoms with Crippen LogP contribution in [0.2, 0.25) is 0 Å². The number of rotatable bonds is 4. The monoisotopic (exact) mass is 326 g/mol. The first-order valence-electron chi connectivity index (χ1n) is 7.71. The van der Waals surface area contributed by atoms with Crippen molar-refractivity contribution < 1.29 is 4.79 Å². The Morgan fingerprint density at radius 3 is 2.50 bits per heavy atom. The van der Waals surface area contributed by atoms with E-state index in [4.69, 9.17) is 0 Å². The molecule has 3 rings (SSSR count). The molecule has 0 aliphatic rings. The Morgan fingerprint density at radius 1 is 1.21 bits per heavy atom. The molecule has 1 aromatic carbocycles. The summed E-state index contributed by atoms with van der Waals surface area (Å²) < 4.78 is 2.54. The smallest absolute Gasteiger partial charge is 0.293 e. The zero-order chi connectivity index (χ0) is 17.4. The summed E-state index contributed by atoms with van der Waals surface area (Å²) in [5.74, 6) is -0.372. The third kappa shape index (κ3) is 2.47. The number of fused-ring (bicyclic) bond motifs is 1. The number of imidazole rings is 1. The summed E-state index contributed by atoms with van der Waals surface area (Å²) in [6, 6.07) is 7.32. The van der Waals surface area contributed by atoms with Crippen LogP contribution >= 0.6 is 0 Å². The number of aromatic amines is 1. The van der Waals surface area contributed by atoms with Crippen LogP contribution in [0.5, 0.6) is 0 Å². The number of carbonyl (C=O) groups excluding carboxylic acids is 1. The van der Waals surface area contributed by atoms with Gasteiger partial charge in [0.1, 0.15) is 0 Å². The van der Waals surface area contributed by atoms with Crippen molar-refractivity contribution in [1.29, 1.82) is 0 Å². The quantitative estimate of drug-likeness (QED) is 0.734. The maximum atomic E-state index is 12.9. The molecule has 2 aromatic heterocycles. The Balaban J connectivity index is 2.15. The zero-order valence-corrected chi connectivity index (χ0v) is 13.7. The molecule has 0 aliphatic heterocycles. The third-order valence-corrected chi connectivity index (χ3v) is 4.21. The van der Waals surface area contributed by atoms with Crippen LogP contribution in [-0.2, 0) is 7.05 Å². The second kappa shape index (κ2) is 5.92. The Bertz CT molecular complexity index is 1020. The van der Waals surface area contributed by atoms with Gasteiger partial charge in [-0.1, -0.05) is 36.8 Å². The number of Topliss-reactive ketones (excluding diaryl/α,β-unsaturated/α-hetero) is 1. The Hall–Kier alpha value is -2.96. The summed E-state index contributed by atoms with van der Waals surface area (Å²) >= 11 is 0. The molecule has 7 nitrogen and oxygen atoms in total. The van der Waals surface area contributed by atoms with Gasteiger partial charge in [0, 0.05) is 12.6 Å². The average molecular weight is 326 g/mol. The first kappa shape index (κ1) is 15.9. The van der Waals surface area contributed by atoms with Gasteiger partial charge in [-0.3, -0.25) is 14.3 Å². The first-order chi connectivity index (χ1) is 11.4. The van der Waals surface area contributed by atoms with Crippen LogP contribution in [0.3, 0.4) is 0 Å². The van der Waals surface area contributed by atoms with E-state index in [1.54, 1.807) is 12.1 Å². The fraction of sp³-hybridized carbons (Fsp3) is 0.294. The molecule has 0 radical (unpaired) electrons. The number of H-pyrrole nitrogens is 1. The SMILES string of the molecule is CCC(C(=O)c1ccc(C)cc1)c1cnc2n(C)c(=O)[nH]c(=O)n12. The van der Waals surface area contributed by atoms with E-state index in [0.717, 1.165) is 5.56 Å². The van der Waals surface area contributed by atoms with Crippen molar-refractivity contribution in [1.82, 2.24) is 18.9 Å². The molecule has 124 valence electrons. The molecular weight excluding hydrogens is 308 g/mol. The van der Waals surface area contributed by atoms with Gasteiger partial charge in [-0.25, -0.2) is 19.0 Å². The number of hydrogen-bond donors (Lipinski definition) is 1. The Kier molecular flexibility index (Phi) is 3.92. The molecule has 3 aromatic rings. The third-order valence-electron chi connectivity index (χ3n) is 4.21. The molecule has 1 unspecified atom stereocenters. The molecule has 0 amide bonds. The highest BCUT2D eigenvalue weighted by atomic mass is 16.2. The Labute approximate surface area is 137 Å². The van der Waals surface area contributed by atoms with Crippen LogP contribution in [0, 0.1) is 6.92 Å². The lowest BCUT2D eigenvalue weighted by atomic mass is 9.92. The normalized spacial score (nSPS) is 12.5. The van der Waals surface area contributed by atoms with Crippen LogP contribution in [-0.4, -0.2) is 24.7 Å². The van der Waals surface area contributed by atoms with Crippen molar-refractivity contribution in [2.24, 2.45) is 7.05 Å². The van der Waals surface area contributed by atoms with Crippen LogP contribution in [0.15, 0.2) is 40.1 Å². The number of carbonyl (C=O) groups is 1. The largest absolute Gasteiger partial charge is 0.336 e. The van der Waals surface area contributed by atoms with Gasteiger partial charge < -0.3 is 0 Å². The molecule has 0 spiro atoms. The summed E-state index contributed by atoms with van der Waals surface area (Å²) in [5.41, 5.74) is 1.01. The van der Waals surface area contributed by atoms with Crippen molar-refractivity contribution in [3.05, 3.63) is 68.3 Å². The van der Waals surface area contributed by atoms with E-state index in [9.17, 15) is 14.4 Å². The van der Waals surface area contributed by atoms with Crippen LogP contribution in [0.1, 0.15) is 40.9 Å². The predicted molar refractivity (Wildman–Crippen MR) is 89.6 cm³/mol. The number of hydrogen-bond acceptors (Lipinski definition) is 4. The summed E-state index contributed by atoms with van der Waals surface area (Å²) in [4.78, 5) is 43.1. The fourth-order valence-corrected chi connectivity index (χ4v) is 2.82. The van der Waals surface area contributed by atoms with E-state index in [0.29, 0.717) is 17.7 Å². The average Bonchev–Trinajstić information content (AvgIpc) is 2.99. The minimum absolute atomic E-state index is 0.0763. The highest BCUT2D eigenvalue weighted by Crippen LogP contribution is 2.24. The maximum absolute atomic E-state index is 12.9. The van der Waals surface area contributed by atoms with Gasteiger partial charge in [0.25, 0.3) is 0 Å². The van der Waals surface area contributed by atoms with Crippen LogP contribution in [0.4, 0.5) is 0 Å². The molecule has 2 heterocycles. The summed E-state index contributed by atoms with van der Waals surface area (Å²) in [7, 11) is 1.52. The molecule has 24 heavy (non-hydrogen) atoms. The van der Waals surface area contributed by atoms with Gasteiger partial charge in [-0.05, 0) is 13.3 Å². The van der Waals surface area contributed by atoms with E-state index >= 15 is 0 Å². The van der Waals surface area contributed by atoms with Crippen LogP contribution in [0.25, 0.3) is 5.78 Å². The van der Waals surface area contributed by atoms with Crippen molar-refractivity contribution in [3.8, 4) is 0 Å². The lowest BCUT2D eigenvalue weighted by molar-refractivity contribution is 0.0955. The van der Waals surface area contributed by atoms with E-state index in [-0.39, 0.29) is 11.6 Å². The number of ketones is 1. The highest BCUT2D eigenvalue weighted by Gasteiger charge is 2.25. The zero-order valence-electron chi connectivity index (χ0n) is 13.7. The van der Waals surface area contributed by atoms with E-state index in [2.05, 4.69) is 9.97 Å². The minimum atomic E-state index is -0.587. The van der Waals surface area contributed by atoms with E-state index < -0.39 is 17.3 Å². The van der Waals surface area contributed by atoms with Gasteiger partial charge in [0.2, 0.25) is 5.78 Å². The van der Waals surface area contributed by atoms with Crippen molar-refractivity contribution >= 4 is 11.6 Å². The number of aryl methyl sites for hydroxylation is 2. The molecule has 7 heteroatoms. The topological polar surface area (TPSA) is 89.2 Å². The summed E-state index contributed by atoms with van der Waals surface area (Å²) in [6.45, 7) is 3.84. The van der Waals surface area contributed by atoms with Gasteiger partial charge in [-0.15, -0.1) is 0 Å². The second-order valence-electron chi connectivity index (χ2n) is 5.80. The summed E-state index contributed by atoms with van der Waals surface area (Å²) in [6.07, 6.45) is 2.01. The minimum Gasteiger partial charge on any atom is -0.293 e. The van der Waals surface area contributed by atoms with Gasteiger partial charge in [0.15, 0.2) is 5.78 Å². The maximum Gasteiger partial charge on any atom is 0.336 e. The lowest BCUT2D eigenvalue weighted by Crippen LogP contribution is -2.34. The number of nitrogens with zero attached hydrogens (tertiary/aromatic N) is 3. The van der Waals surface area contributed by atoms with Crippen molar-refractivity contribution in [2.75, 3.05) is 0 Å². The van der Waals surface area contributed by atoms with Gasteiger partial charge in [-0.2, -0.15) is 0 Å². The number of nitrogens with one attached hydrogen (secondary N) is 1. The van der Waals surface area contributed by atoms with Gasteiger partial charge in [0.05, 0.1) is 17.8 Å². The van der Waals surface area contributed by atoms with E-state index in [1.165, 1.54) is 22.2 Å². The molecule has 1 atom stereocenters. The summed E-state index contributed by atoms with van der Waals surface area (Å²) in [5, 5.41) is 0. The van der Waals surface area contributed by atoms with Crippen molar-refractivity contribution in [3.63, 3.8) is 0 Å². The lowest BCUT2D eigenvalue weighted by Gasteiger charge is -2.13. The molecule has 1 N–H and O–H groups in total. The Morgan fingerprint density at radius 2 is 1.88 bits per heavy atom. The molecule has 0 aliphatic carbocycles. The fourth-order valence-electron chi connectivity index (χ4n) is 2.82. The second-order valence-corrected chi connectivity index (χ2v) is 5.80. The van der Waals surface area contributed by atoms with Gasteiger partial charge >= 0.3 is 11.4 Å². The first-order valence-corrected chi connectivity index (χ1v) is 7.71. The molecular formula is C17H18N4O3. The van der Waals surface area contributed by atoms with Crippen molar-refractivity contribution in [2.45, 2.75) is 26.2 Å². The molecule has 0 saturated carbocycles. The predicted octanol–water partition coefficient (Wildman–Crippen LogP) is 1.41. The molecule has 0 fully saturated rings. The van der Waals surface area contributed by atoms with E-state index in [1.807, 2.05) is 26.0 Å². The number of aromatic nitrogens is 4. The number of benzene rings is 1. The van der Waals surface area contributed by atoms with Crippen LogP contribution < -0.4 is 11.4 Å². The highest BCUT2D eigenvalue weighted by molar-refractivity contribution is 6.00. The standard InChI is InChI=1S/C17H18N4O3/c1-4-12(14(22)11-7-5-10(2)6-8-11)13-9-18-15-20(3)16(23)19-17(24)21(13)15/h5-9,12H,4H2,1-3H3,(H,19,23,24). The molecule has 0 bridgehead atoms. The molecule has 0 saturated heterocycles.